The molecular formula is C21H34N6O3. The average molecular weight is 419 g/mol. The molecule has 2 aromatic heterocycles. The Hall–Kier alpha value is -2.55. The summed E-state index contributed by atoms with van der Waals surface area (Å²) in [7, 11) is 5.72. The second-order valence-corrected chi connectivity index (χ2v) is 9.51. The summed E-state index contributed by atoms with van der Waals surface area (Å²) in [5.41, 5.74) is 1.81. The third-order valence-electron chi connectivity index (χ3n) is 5.27. The van der Waals surface area contributed by atoms with E-state index in [2.05, 4.69) is 11.8 Å². The predicted molar refractivity (Wildman–Crippen MR) is 117 cm³/mol. The van der Waals surface area contributed by atoms with Gasteiger partial charge in [0, 0.05) is 44.8 Å². The van der Waals surface area contributed by atoms with Crippen molar-refractivity contribution in [3.63, 3.8) is 0 Å². The Bertz CT molecular complexity index is 987. The fourth-order valence-electron chi connectivity index (χ4n) is 3.85. The molecule has 1 amide bonds. The highest BCUT2D eigenvalue weighted by Crippen LogP contribution is 2.27. The molecular weight excluding hydrogens is 384 g/mol. The molecule has 0 radical (unpaired) electrons. The molecule has 0 aromatic carbocycles. The van der Waals surface area contributed by atoms with Gasteiger partial charge >= 0.3 is 6.09 Å². The number of imidazole rings is 1. The smallest absolute Gasteiger partial charge is 0.410 e. The number of fused-ring (bicyclic) bond motifs is 1. The molecule has 0 N–H and O–H groups in total. The third-order valence-corrected chi connectivity index (χ3v) is 5.27. The number of nitrogens with zero attached hydrogens (tertiary/aromatic N) is 6. The van der Waals surface area contributed by atoms with Gasteiger partial charge < -0.3 is 19.4 Å². The second kappa shape index (κ2) is 7.94. The van der Waals surface area contributed by atoms with Gasteiger partial charge in [-0.15, -0.1) is 0 Å². The van der Waals surface area contributed by atoms with Crippen LogP contribution in [0.3, 0.4) is 0 Å². The van der Waals surface area contributed by atoms with Crippen molar-refractivity contribution in [3.8, 4) is 0 Å². The molecule has 1 aliphatic rings. The van der Waals surface area contributed by atoms with Gasteiger partial charge in [0.15, 0.2) is 5.65 Å². The average Bonchev–Trinajstić information content (AvgIpc) is 3.01. The van der Waals surface area contributed by atoms with E-state index in [0.717, 1.165) is 17.0 Å². The van der Waals surface area contributed by atoms with Crippen molar-refractivity contribution >= 4 is 17.4 Å². The fourth-order valence-corrected chi connectivity index (χ4v) is 3.85. The first-order chi connectivity index (χ1) is 13.9. The van der Waals surface area contributed by atoms with Crippen LogP contribution in [0, 0.1) is 0 Å². The predicted octanol–water partition coefficient (Wildman–Crippen LogP) is 1.93. The minimum atomic E-state index is -0.534. The zero-order chi connectivity index (χ0) is 22.4. The van der Waals surface area contributed by atoms with Gasteiger partial charge in [0.05, 0.1) is 17.6 Å². The maximum absolute atomic E-state index is 12.6. The summed E-state index contributed by atoms with van der Waals surface area (Å²) in [5.74, 6) is 0. The minimum Gasteiger partial charge on any atom is -0.444 e. The normalized spacial score (nSPS) is 20.3. The number of amides is 1. The van der Waals surface area contributed by atoms with Crippen LogP contribution in [-0.4, -0.2) is 74.9 Å². The van der Waals surface area contributed by atoms with Crippen molar-refractivity contribution in [2.75, 3.05) is 32.1 Å². The molecule has 0 bridgehead atoms. The number of anilines is 1. The van der Waals surface area contributed by atoms with Crippen LogP contribution in [0.4, 0.5) is 10.5 Å². The van der Waals surface area contributed by atoms with Gasteiger partial charge in [-0.05, 0) is 48.7 Å². The molecule has 1 fully saturated rings. The lowest BCUT2D eigenvalue weighted by Crippen LogP contribution is -2.59. The molecule has 2 aromatic rings. The number of hydrogen-bond acceptors (Lipinski definition) is 6. The summed E-state index contributed by atoms with van der Waals surface area (Å²) in [6.45, 7) is 11.5. The van der Waals surface area contributed by atoms with Crippen molar-refractivity contribution in [2.45, 2.75) is 58.8 Å². The molecule has 9 heteroatoms. The fraction of sp³-hybridized carbons (Fsp3) is 0.667. The molecule has 30 heavy (non-hydrogen) atoms. The quantitative estimate of drug-likeness (QED) is 0.758. The summed E-state index contributed by atoms with van der Waals surface area (Å²) < 4.78 is 8.96. The molecule has 0 unspecified atom stereocenters. The standard InChI is InChI=1S/C21H34N6O3/c1-14-11-26(20(29)30-21(3,4)5)15(2)10-25(14)17-9-18(28)24(8)27-13-16(12-23(6)7)22-19(17)27/h9,13-15H,10-12H2,1-8H3/t14-,15+/m0/s1. The Morgan fingerprint density at radius 2 is 1.90 bits per heavy atom. The van der Waals surface area contributed by atoms with Crippen LogP contribution >= 0.6 is 0 Å². The minimum absolute atomic E-state index is 0.0126. The molecule has 1 aliphatic heterocycles. The number of aryl methyl sites for hydroxylation is 1. The van der Waals surface area contributed by atoms with E-state index in [4.69, 9.17) is 9.72 Å². The van der Waals surface area contributed by atoms with Crippen LogP contribution < -0.4 is 10.5 Å². The number of rotatable bonds is 3. The Kier molecular flexibility index (Phi) is 5.86. The van der Waals surface area contributed by atoms with E-state index in [1.54, 1.807) is 22.7 Å². The largest absolute Gasteiger partial charge is 0.444 e. The van der Waals surface area contributed by atoms with E-state index in [-0.39, 0.29) is 23.7 Å². The lowest BCUT2D eigenvalue weighted by molar-refractivity contribution is 0.0130. The first-order valence-electron chi connectivity index (χ1n) is 10.4. The number of piperazine rings is 1. The first kappa shape index (κ1) is 22.1. The van der Waals surface area contributed by atoms with E-state index in [9.17, 15) is 9.59 Å². The van der Waals surface area contributed by atoms with Crippen molar-refractivity contribution < 1.29 is 9.53 Å². The summed E-state index contributed by atoms with van der Waals surface area (Å²) in [6.07, 6.45) is 1.61. The summed E-state index contributed by atoms with van der Waals surface area (Å²) in [5, 5.41) is 0. The Labute approximate surface area is 177 Å². The van der Waals surface area contributed by atoms with Gasteiger partial charge in [0.25, 0.3) is 5.56 Å². The maximum atomic E-state index is 12.6. The van der Waals surface area contributed by atoms with Crippen LogP contribution in [0.25, 0.3) is 5.65 Å². The highest BCUT2D eigenvalue weighted by atomic mass is 16.6. The van der Waals surface area contributed by atoms with Gasteiger partial charge in [-0.3, -0.25) is 4.79 Å². The van der Waals surface area contributed by atoms with Gasteiger partial charge in [-0.2, -0.15) is 0 Å². The van der Waals surface area contributed by atoms with Crippen molar-refractivity contribution in [2.24, 2.45) is 7.05 Å². The van der Waals surface area contributed by atoms with E-state index in [1.807, 2.05) is 57.4 Å². The molecule has 166 valence electrons. The SMILES string of the molecule is C[C@@H]1CN(c2cc(=O)n(C)n3cc(CN(C)C)nc23)[C@@H](C)CN1C(=O)OC(C)(C)C. The Balaban J connectivity index is 1.94. The number of aromatic nitrogens is 3. The van der Waals surface area contributed by atoms with E-state index in [1.165, 1.54) is 0 Å². The van der Waals surface area contributed by atoms with Gasteiger partial charge in [-0.1, -0.05) is 0 Å². The van der Waals surface area contributed by atoms with Crippen LogP contribution in [0.15, 0.2) is 17.1 Å². The lowest BCUT2D eigenvalue weighted by Gasteiger charge is -2.45. The molecule has 3 rings (SSSR count). The molecule has 9 nitrogen and oxygen atoms in total. The molecule has 1 saturated heterocycles. The van der Waals surface area contributed by atoms with Crippen LogP contribution in [0.5, 0.6) is 0 Å². The summed E-state index contributed by atoms with van der Waals surface area (Å²) in [6, 6.07) is 1.60. The number of carbonyl (C=O) groups excluding carboxylic acids is 1. The van der Waals surface area contributed by atoms with E-state index < -0.39 is 5.60 Å². The Morgan fingerprint density at radius 3 is 2.50 bits per heavy atom. The maximum Gasteiger partial charge on any atom is 0.410 e. The van der Waals surface area contributed by atoms with Crippen molar-refractivity contribution in [1.29, 1.82) is 0 Å². The van der Waals surface area contributed by atoms with Crippen LogP contribution in [0.1, 0.15) is 40.3 Å². The molecule has 2 atom stereocenters. The third kappa shape index (κ3) is 4.45. The molecule has 3 heterocycles. The highest BCUT2D eigenvalue weighted by molar-refractivity contribution is 5.72. The van der Waals surface area contributed by atoms with E-state index >= 15 is 0 Å². The second-order valence-electron chi connectivity index (χ2n) is 9.51. The zero-order valence-electron chi connectivity index (χ0n) is 19.3. The van der Waals surface area contributed by atoms with Crippen molar-refractivity contribution in [1.82, 2.24) is 24.0 Å². The number of hydrogen-bond donors (Lipinski definition) is 0. The number of carbonyl (C=O) groups is 1. The van der Waals surface area contributed by atoms with Crippen LogP contribution in [0.2, 0.25) is 0 Å². The number of ether oxygens (including phenoxy) is 1. The van der Waals surface area contributed by atoms with Gasteiger partial charge in [-0.25, -0.2) is 19.0 Å². The first-order valence-corrected chi connectivity index (χ1v) is 10.4. The van der Waals surface area contributed by atoms with E-state index in [0.29, 0.717) is 19.6 Å². The summed E-state index contributed by atoms with van der Waals surface area (Å²) in [4.78, 5) is 36.1. The topological polar surface area (TPSA) is 75.3 Å². The van der Waals surface area contributed by atoms with Gasteiger partial charge in [0.2, 0.25) is 0 Å². The van der Waals surface area contributed by atoms with Gasteiger partial charge in [0.1, 0.15) is 5.60 Å². The van der Waals surface area contributed by atoms with Crippen LogP contribution in [-0.2, 0) is 18.3 Å². The highest BCUT2D eigenvalue weighted by Gasteiger charge is 2.35. The Morgan fingerprint density at radius 1 is 1.23 bits per heavy atom. The van der Waals surface area contributed by atoms with Crippen molar-refractivity contribution in [3.05, 3.63) is 28.3 Å². The lowest BCUT2D eigenvalue weighted by atomic mass is 10.1. The molecule has 0 aliphatic carbocycles. The molecule has 0 saturated carbocycles. The zero-order valence-corrected chi connectivity index (χ0v) is 19.3. The summed E-state index contributed by atoms with van der Waals surface area (Å²) >= 11 is 0. The molecule has 0 spiro atoms. The monoisotopic (exact) mass is 418 g/mol.